The van der Waals surface area contributed by atoms with Crippen LogP contribution < -0.4 is 16.2 Å². The van der Waals surface area contributed by atoms with Crippen molar-refractivity contribution in [2.45, 2.75) is 66.3 Å². The van der Waals surface area contributed by atoms with E-state index >= 15 is 0 Å². The number of hydrogen-bond acceptors (Lipinski definition) is 5. The van der Waals surface area contributed by atoms with Crippen molar-refractivity contribution in [2.24, 2.45) is 0 Å². The minimum atomic E-state index is -0.532. The van der Waals surface area contributed by atoms with Gasteiger partial charge in [-0.15, -0.1) is 0 Å². The molecule has 0 radical (unpaired) electrons. The number of ether oxygens (including phenoxy) is 1. The number of anilines is 1. The Bertz CT molecular complexity index is 1210. The molecule has 38 heavy (non-hydrogen) atoms. The Morgan fingerprint density at radius 3 is 2.34 bits per heavy atom. The van der Waals surface area contributed by atoms with Crippen LogP contribution in [0.2, 0.25) is 0 Å². The van der Waals surface area contributed by atoms with E-state index in [1.165, 1.54) is 23.6 Å². The van der Waals surface area contributed by atoms with Gasteiger partial charge in [0.1, 0.15) is 0 Å². The van der Waals surface area contributed by atoms with Crippen molar-refractivity contribution in [3.63, 3.8) is 0 Å². The topological polar surface area (TPSA) is 102 Å². The summed E-state index contributed by atoms with van der Waals surface area (Å²) in [5, 5.41) is 10.1. The lowest BCUT2D eigenvalue weighted by molar-refractivity contribution is 0.0953. The summed E-state index contributed by atoms with van der Waals surface area (Å²) < 4.78 is 6.27. The van der Waals surface area contributed by atoms with Gasteiger partial charge in [-0.2, -0.15) is 5.10 Å². The Morgan fingerprint density at radius 2 is 1.66 bits per heavy atom. The molecular weight excluding hydrogens is 480 g/mol. The molecule has 0 fully saturated rings. The van der Waals surface area contributed by atoms with Gasteiger partial charge >= 0.3 is 6.09 Å². The van der Waals surface area contributed by atoms with Crippen LogP contribution in [0.4, 0.5) is 10.5 Å². The Morgan fingerprint density at radius 1 is 0.921 bits per heavy atom. The third kappa shape index (κ3) is 10.2. The molecule has 0 unspecified atom stereocenters. The molecular formula is C30H40N4O4. The number of benzene rings is 2. The molecule has 3 aromatic rings. The third-order valence-electron chi connectivity index (χ3n) is 5.41. The van der Waals surface area contributed by atoms with Crippen molar-refractivity contribution >= 4 is 17.7 Å². The van der Waals surface area contributed by atoms with Crippen molar-refractivity contribution in [1.82, 2.24) is 15.1 Å². The molecule has 8 heteroatoms. The molecule has 0 bridgehead atoms. The number of carbonyl (C=O) groups is 2. The fourth-order valence-corrected chi connectivity index (χ4v) is 3.57. The van der Waals surface area contributed by atoms with Crippen molar-refractivity contribution in [3.8, 4) is 11.3 Å². The second kappa shape index (κ2) is 16.7. The van der Waals surface area contributed by atoms with Gasteiger partial charge in [-0.1, -0.05) is 70.7 Å². The van der Waals surface area contributed by atoms with Gasteiger partial charge < -0.3 is 10.1 Å². The largest absolute Gasteiger partial charge is 0.450 e. The van der Waals surface area contributed by atoms with Gasteiger partial charge in [0.05, 0.1) is 18.8 Å². The highest BCUT2D eigenvalue weighted by Gasteiger charge is 2.09. The highest BCUT2D eigenvalue weighted by Crippen LogP contribution is 2.17. The maximum Gasteiger partial charge on any atom is 0.411 e. The van der Waals surface area contributed by atoms with Crippen LogP contribution in [0, 0.1) is 0 Å². The second-order valence-electron chi connectivity index (χ2n) is 8.86. The quantitative estimate of drug-likeness (QED) is 0.291. The zero-order valence-electron chi connectivity index (χ0n) is 23.0. The van der Waals surface area contributed by atoms with Crippen LogP contribution in [0.15, 0.2) is 65.5 Å². The van der Waals surface area contributed by atoms with E-state index in [0.29, 0.717) is 23.5 Å². The van der Waals surface area contributed by atoms with Gasteiger partial charge in [-0.05, 0) is 49.2 Å². The smallest absolute Gasteiger partial charge is 0.411 e. The van der Waals surface area contributed by atoms with Crippen LogP contribution in [0.5, 0.6) is 0 Å². The van der Waals surface area contributed by atoms with Gasteiger partial charge in [0.15, 0.2) is 0 Å². The van der Waals surface area contributed by atoms with E-state index in [2.05, 4.69) is 36.5 Å². The normalized spacial score (nSPS) is 10.2. The fraction of sp³-hybridized carbons (Fsp3) is 0.400. The molecule has 3 rings (SSSR count). The molecule has 0 saturated carbocycles. The Hall–Kier alpha value is -3.94. The Kier molecular flexibility index (Phi) is 13.3. The fourth-order valence-electron chi connectivity index (χ4n) is 3.57. The molecule has 204 valence electrons. The van der Waals surface area contributed by atoms with E-state index in [0.717, 1.165) is 30.4 Å². The van der Waals surface area contributed by atoms with Crippen LogP contribution >= 0.6 is 0 Å². The number of nitrogens with zero attached hydrogens (tertiary/aromatic N) is 2. The average Bonchev–Trinajstić information content (AvgIpc) is 2.90. The summed E-state index contributed by atoms with van der Waals surface area (Å²) in [5.74, 6) is -0.0951. The molecule has 0 aliphatic rings. The van der Waals surface area contributed by atoms with Gasteiger partial charge in [0.25, 0.3) is 11.5 Å². The summed E-state index contributed by atoms with van der Waals surface area (Å²) in [6.45, 7) is 9.33. The third-order valence-corrected chi connectivity index (χ3v) is 5.41. The first kappa shape index (κ1) is 30.3. The van der Waals surface area contributed by atoms with Crippen molar-refractivity contribution in [2.75, 3.05) is 18.5 Å². The Balaban J connectivity index is 0.00000161. The highest BCUT2D eigenvalue weighted by atomic mass is 16.5. The van der Waals surface area contributed by atoms with Crippen LogP contribution in [0.25, 0.3) is 11.3 Å². The number of hydrogen-bond donors (Lipinski definition) is 2. The maximum atomic E-state index is 12.4. The van der Waals surface area contributed by atoms with Crippen molar-refractivity contribution in [3.05, 3.63) is 82.1 Å². The standard InChI is InChI=1S/C27H32N4O4.C3H8/c1-3-5-6-7-17-28-26(33)22-13-11-21(12-14-22)24-15-16-25(32)31(30-24)19-20-9-8-10-23(18-20)29-27(34)35-4-2;1-3-2/h8-16,18H,3-7,17,19H2,1-2H3,(H,28,33)(H,29,34);3H2,1-2H3. The van der Waals surface area contributed by atoms with Crippen LogP contribution in [-0.2, 0) is 11.3 Å². The van der Waals surface area contributed by atoms with Gasteiger partial charge in [-0.25, -0.2) is 9.48 Å². The molecule has 0 aliphatic carbocycles. The first-order valence-electron chi connectivity index (χ1n) is 13.4. The van der Waals surface area contributed by atoms with Crippen LogP contribution in [0.3, 0.4) is 0 Å². The maximum absolute atomic E-state index is 12.4. The monoisotopic (exact) mass is 520 g/mol. The molecule has 0 aliphatic heterocycles. The lowest BCUT2D eigenvalue weighted by Gasteiger charge is -2.10. The van der Waals surface area contributed by atoms with Crippen LogP contribution in [-0.4, -0.2) is 34.9 Å². The van der Waals surface area contributed by atoms with Gasteiger partial charge in [-0.3, -0.25) is 14.9 Å². The zero-order valence-corrected chi connectivity index (χ0v) is 23.0. The summed E-state index contributed by atoms with van der Waals surface area (Å²) in [4.78, 5) is 36.4. The molecule has 8 nitrogen and oxygen atoms in total. The average molecular weight is 521 g/mol. The number of nitrogens with one attached hydrogen (secondary N) is 2. The molecule has 2 N–H and O–H groups in total. The number of rotatable bonds is 11. The van der Waals surface area contributed by atoms with E-state index in [1.807, 2.05) is 18.2 Å². The predicted molar refractivity (Wildman–Crippen MR) is 153 cm³/mol. The summed E-state index contributed by atoms with van der Waals surface area (Å²) in [6.07, 6.45) is 5.15. The molecule has 0 atom stereocenters. The van der Waals surface area contributed by atoms with E-state index in [1.54, 1.807) is 43.3 Å². The lowest BCUT2D eigenvalue weighted by Crippen LogP contribution is -2.24. The van der Waals surface area contributed by atoms with Gasteiger partial charge in [0, 0.05) is 29.4 Å². The summed E-state index contributed by atoms with van der Waals surface area (Å²) in [5.41, 5.74) is 3.15. The predicted octanol–water partition coefficient (Wildman–Crippen LogP) is 6.25. The van der Waals surface area contributed by atoms with Crippen molar-refractivity contribution in [1.29, 1.82) is 0 Å². The summed E-state index contributed by atoms with van der Waals surface area (Å²) in [7, 11) is 0. The number of unbranched alkanes of at least 4 members (excludes halogenated alkanes) is 3. The molecule has 2 aromatic carbocycles. The van der Waals surface area contributed by atoms with E-state index in [-0.39, 0.29) is 24.6 Å². The molecule has 0 spiro atoms. The first-order chi connectivity index (χ1) is 18.4. The summed E-state index contributed by atoms with van der Waals surface area (Å²) in [6, 6.07) is 17.5. The number of carbonyl (C=O) groups excluding carboxylic acids is 2. The van der Waals surface area contributed by atoms with Crippen LogP contribution in [0.1, 0.15) is 75.7 Å². The molecule has 1 aromatic heterocycles. The van der Waals surface area contributed by atoms with Crippen molar-refractivity contribution < 1.29 is 14.3 Å². The molecule has 0 saturated heterocycles. The molecule has 2 amide bonds. The lowest BCUT2D eigenvalue weighted by atomic mass is 10.1. The van der Waals surface area contributed by atoms with E-state index < -0.39 is 6.09 Å². The minimum Gasteiger partial charge on any atom is -0.450 e. The Labute approximate surface area is 225 Å². The first-order valence-corrected chi connectivity index (χ1v) is 13.4. The van der Waals surface area contributed by atoms with E-state index in [4.69, 9.17) is 4.74 Å². The summed E-state index contributed by atoms with van der Waals surface area (Å²) >= 11 is 0. The highest BCUT2D eigenvalue weighted by molar-refractivity contribution is 5.94. The second-order valence-corrected chi connectivity index (χ2v) is 8.86. The zero-order chi connectivity index (χ0) is 27.8. The molecule has 1 heterocycles. The van der Waals surface area contributed by atoms with E-state index in [9.17, 15) is 14.4 Å². The van der Waals surface area contributed by atoms with Gasteiger partial charge in [0.2, 0.25) is 0 Å². The number of amides is 2. The number of aromatic nitrogens is 2. The minimum absolute atomic E-state index is 0.0951. The SMILES string of the molecule is CCC.CCCCCCNC(=O)c1ccc(-c2ccc(=O)n(Cc3cccc(NC(=O)OCC)c3)n2)cc1.